The molecule has 0 aromatic carbocycles. The first-order valence-electron chi connectivity index (χ1n) is 6.09. The van der Waals surface area contributed by atoms with E-state index >= 15 is 0 Å². The number of hydrogen-bond acceptors (Lipinski definition) is 3. The topological polar surface area (TPSA) is 41.6 Å². The van der Waals surface area contributed by atoms with E-state index in [-0.39, 0.29) is 5.91 Å². The van der Waals surface area contributed by atoms with Gasteiger partial charge in [-0.05, 0) is 18.9 Å². The summed E-state index contributed by atoms with van der Waals surface area (Å²) in [6.45, 7) is 9.74. The number of carbonyl (C=O) groups is 1. The van der Waals surface area contributed by atoms with Crippen molar-refractivity contribution in [1.82, 2.24) is 10.2 Å². The van der Waals surface area contributed by atoms with Crippen LogP contribution in [0.3, 0.4) is 0 Å². The van der Waals surface area contributed by atoms with E-state index in [4.69, 9.17) is 4.74 Å². The molecule has 0 atom stereocenters. The maximum Gasteiger partial charge on any atom is 0.236 e. The molecule has 0 unspecified atom stereocenters. The predicted molar refractivity (Wildman–Crippen MR) is 66.5 cm³/mol. The standard InChI is InChI=1S/C12H26N2O2/c1-5-6-13-9-12(15)14(7-8-16-4)10-11(2)3/h11,13H,5-10H2,1-4H3. The number of nitrogens with zero attached hydrogens (tertiary/aromatic N) is 1. The van der Waals surface area contributed by atoms with Gasteiger partial charge in [0.1, 0.15) is 0 Å². The molecule has 0 heterocycles. The second-order valence-corrected chi connectivity index (χ2v) is 4.40. The zero-order valence-corrected chi connectivity index (χ0v) is 11.1. The van der Waals surface area contributed by atoms with Crippen LogP contribution in [-0.4, -0.2) is 50.7 Å². The Hall–Kier alpha value is -0.610. The second-order valence-electron chi connectivity index (χ2n) is 4.40. The van der Waals surface area contributed by atoms with Crippen molar-refractivity contribution >= 4 is 5.91 Å². The second kappa shape index (κ2) is 9.60. The number of amides is 1. The molecule has 1 amide bonds. The number of nitrogens with one attached hydrogen (secondary N) is 1. The van der Waals surface area contributed by atoms with E-state index in [2.05, 4.69) is 26.1 Å². The van der Waals surface area contributed by atoms with Gasteiger partial charge in [0.25, 0.3) is 0 Å². The van der Waals surface area contributed by atoms with Crippen LogP contribution < -0.4 is 5.32 Å². The van der Waals surface area contributed by atoms with Crippen molar-refractivity contribution in [3.63, 3.8) is 0 Å². The quantitative estimate of drug-likeness (QED) is 0.603. The average Bonchev–Trinajstić information content (AvgIpc) is 2.23. The maximum absolute atomic E-state index is 11.9. The van der Waals surface area contributed by atoms with Gasteiger partial charge in [0, 0.05) is 20.2 Å². The van der Waals surface area contributed by atoms with Crippen LogP contribution in [-0.2, 0) is 9.53 Å². The SMILES string of the molecule is CCCNCC(=O)N(CCOC)CC(C)C. The first-order valence-corrected chi connectivity index (χ1v) is 6.09. The van der Waals surface area contributed by atoms with Crippen molar-refractivity contribution in [1.29, 1.82) is 0 Å². The van der Waals surface area contributed by atoms with E-state index in [1.807, 2.05) is 4.90 Å². The summed E-state index contributed by atoms with van der Waals surface area (Å²) in [5, 5.41) is 3.13. The first kappa shape index (κ1) is 15.4. The van der Waals surface area contributed by atoms with Gasteiger partial charge in [0.05, 0.1) is 13.2 Å². The van der Waals surface area contributed by atoms with Crippen LogP contribution in [0.2, 0.25) is 0 Å². The van der Waals surface area contributed by atoms with E-state index in [0.29, 0.717) is 25.6 Å². The fourth-order valence-electron chi connectivity index (χ4n) is 1.44. The van der Waals surface area contributed by atoms with Crippen LogP contribution in [0.15, 0.2) is 0 Å². The van der Waals surface area contributed by atoms with Crippen molar-refractivity contribution in [2.24, 2.45) is 5.92 Å². The molecule has 0 aliphatic heterocycles. The van der Waals surface area contributed by atoms with Crippen molar-refractivity contribution in [3.8, 4) is 0 Å². The third-order valence-corrected chi connectivity index (χ3v) is 2.21. The number of carbonyl (C=O) groups excluding carboxylic acids is 1. The van der Waals surface area contributed by atoms with Gasteiger partial charge in [-0.15, -0.1) is 0 Å². The van der Waals surface area contributed by atoms with E-state index in [1.54, 1.807) is 7.11 Å². The molecule has 96 valence electrons. The Morgan fingerprint density at radius 3 is 2.62 bits per heavy atom. The fraction of sp³-hybridized carbons (Fsp3) is 0.917. The Kier molecular flexibility index (Phi) is 9.24. The van der Waals surface area contributed by atoms with Gasteiger partial charge >= 0.3 is 0 Å². The Morgan fingerprint density at radius 2 is 2.12 bits per heavy atom. The van der Waals surface area contributed by atoms with Gasteiger partial charge in [0.2, 0.25) is 5.91 Å². The monoisotopic (exact) mass is 230 g/mol. The lowest BCUT2D eigenvalue weighted by Crippen LogP contribution is -2.42. The van der Waals surface area contributed by atoms with E-state index < -0.39 is 0 Å². The Morgan fingerprint density at radius 1 is 1.44 bits per heavy atom. The summed E-state index contributed by atoms with van der Waals surface area (Å²) < 4.78 is 5.02. The zero-order valence-electron chi connectivity index (χ0n) is 11.1. The van der Waals surface area contributed by atoms with E-state index in [1.165, 1.54) is 0 Å². The van der Waals surface area contributed by atoms with Gasteiger partial charge in [-0.25, -0.2) is 0 Å². The van der Waals surface area contributed by atoms with Crippen molar-refractivity contribution in [2.45, 2.75) is 27.2 Å². The van der Waals surface area contributed by atoms with E-state index in [0.717, 1.165) is 19.5 Å². The highest BCUT2D eigenvalue weighted by molar-refractivity contribution is 5.78. The number of hydrogen-bond donors (Lipinski definition) is 1. The van der Waals surface area contributed by atoms with Crippen LogP contribution in [0, 0.1) is 5.92 Å². The molecule has 0 aromatic rings. The highest BCUT2D eigenvalue weighted by atomic mass is 16.5. The molecule has 0 saturated carbocycles. The molecule has 1 N–H and O–H groups in total. The molecule has 0 rings (SSSR count). The van der Waals surface area contributed by atoms with Gasteiger partial charge < -0.3 is 15.0 Å². The van der Waals surface area contributed by atoms with Crippen LogP contribution >= 0.6 is 0 Å². The third kappa shape index (κ3) is 7.65. The number of rotatable bonds is 9. The molecular formula is C12H26N2O2. The minimum atomic E-state index is 0.166. The van der Waals surface area contributed by atoms with Gasteiger partial charge in [0.15, 0.2) is 0 Å². The lowest BCUT2D eigenvalue weighted by Gasteiger charge is -2.24. The molecule has 0 aliphatic rings. The first-order chi connectivity index (χ1) is 7.61. The Bertz CT molecular complexity index is 184. The molecule has 0 saturated heterocycles. The summed E-state index contributed by atoms with van der Waals surface area (Å²) in [4.78, 5) is 13.7. The molecule has 0 fully saturated rings. The Balaban J connectivity index is 3.99. The predicted octanol–water partition coefficient (Wildman–Crippen LogP) is 1.12. The molecule has 0 aromatic heterocycles. The summed E-state index contributed by atoms with van der Waals surface area (Å²) in [5.74, 6) is 0.659. The highest BCUT2D eigenvalue weighted by Crippen LogP contribution is 1.99. The highest BCUT2D eigenvalue weighted by Gasteiger charge is 2.13. The van der Waals surface area contributed by atoms with Crippen LogP contribution in [0.4, 0.5) is 0 Å². The molecule has 16 heavy (non-hydrogen) atoms. The summed E-state index contributed by atoms with van der Waals surface area (Å²) >= 11 is 0. The molecule has 0 spiro atoms. The summed E-state index contributed by atoms with van der Waals surface area (Å²) in [6.07, 6.45) is 1.05. The van der Waals surface area contributed by atoms with Gasteiger partial charge in [-0.3, -0.25) is 4.79 Å². The largest absolute Gasteiger partial charge is 0.383 e. The van der Waals surface area contributed by atoms with Crippen molar-refractivity contribution in [2.75, 3.05) is 39.9 Å². The number of methoxy groups -OCH3 is 1. The molecule has 0 aliphatic carbocycles. The molecule has 4 nitrogen and oxygen atoms in total. The lowest BCUT2D eigenvalue weighted by atomic mass is 10.2. The normalized spacial score (nSPS) is 10.8. The van der Waals surface area contributed by atoms with Gasteiger partial charge in [-0.2, -0.15) is 0 Å². The number of ether oxygens (including phenoxy) is 1. The molecule has 0 bridgehead atoms. The van der Waals surface area contributed by atoms with Crippen LogP contribution in [0.25, 0.3) is 0 Å². The minimum absolute atomic E-state index is 0.166. The van der Waals surface area contributed by atoms with Gasteiger partial charge in [-0.1, -0.05) is 20.8 Å². The Labute approximate surface area is 99.3 Å². The summed E-state index contributed by atoms with van der Waals surface area (Å²) in [7, 11) is 1.66. The maximum atomic E-state index is 11.9. The third-order valence-electron chi connectivity index (χ3n) is 2.21. The molecule has 0 radical (unpaired) electrons. The molecule has 4 heteroatoms. The zero-order chi connectivity index (χ0) is 12.4. The average molecular weight is 230 g/mol. The molecular weight excluding hydrogens is 204 g/mol. The minimum Gasteiger partial charge on any atom is -0.383 e. The lowest BCUT2D eigenvalue weighted by molar-refractivity contribution is -0.131. The van der Waals surface area contributed by atoms with Crippen LogP contribution in [0.1, 0.15) is 27.2 Å². The summed E-state index contributed by atoms with van der Waals surface area (Å²) in [5.41, 5.74) is 0. The fourth-order valence-corrected chi connectivity index (χ4v) is 1.44. The van der Waals surface area contributed by atoms with Crippen LogP contribution in [0.5, 0.6) is 0 Å². The van der Waals surface area contributed by atoms with E-state index in [9.17, 15) is 4.79 Å². The van der Waals surface area contributed by atoms with Crippen molar-refractivity contribution < 1.29 is 9.53 Å². The van der Waals surface area contributed by atoms with Crippen molar-refractivity contribution in [3.05, 3.63) is 0 Å². The smallest absolute Gasteiger partial charge is 0.236 e. The summed E-state index contributed by atoms with van der Waals surface area (Å²) in [6, 6.07) is 0.